The number of rotatable bonds is 11. The lowest BCUT2D eigenvalue weighted by Gasteiger charge is -2.34. The number of hydrogen-bond acceptors (Lipinski definition) is 8. The summed E-state index contributed by atoms with van der Waals surface area (Å²) in [6, 6.07) is 3.06. The Hall–Kier alpha value is -1.84. The number of thioether (sulfide) groups is 1. The number of benzene rings is 1. The fourth-order valence-electron chi connectivity index (χ4n) is 3.62. The molecule has 8 nitrogen and oxygen atoms in total. The molecule has 0 saturated carbocycles. The third-order valence-corrected chi connectivity index (χ3v) is 6.41. The number of carbonyl (C=O) groups is 2. The van der Waals surface area contributed by atoms with Gasteiger partial charge in [-0.2, -0.15) is 11.8 Å². The monoisotopic (exact) mass is 487 g/mol. The Morgan fingerprint density at radius 2 is 2.03 bits per heavy atom. The lowest BCUT2D eigenvalue weighted by atomic mass is 9.97. The standard InChI is InChI=1S/C22H34ClN3O5S/c1-4-30-22(28)25-16(7-10-32-3)13-26-8-5-15(6-9-26)14-31-21(27)17-11-18(23)19(24)12-20(17)29-2/h11-12,15-16H,4-10,13-14,24H2,1-3H3,(H,25,28)/t16-/m0/s1. The summed E-state index contributed by atoms with van der Waals surface area (Å²) in [6.07, 6.45) is 4.42. The summed E-state index contributed by atoms with van der Waals surface area (Å²) in [5, 5.41) is 3.26. The van der Waals surface area contributed by atoms with E-state index in [0.717, 1.165) is 44.6 Å². The molecule has 1 aliphatic rings. The maximum atomic E-state index is 12.5. The van der Waals surface area contributed by atoms with E-state index in [9.17, 15) is 9.59 Å². The van der Waals surface area contributed by atoms with Gasteiger partial charge in [0.1, 0.15) is 11.3 Å². The number of piperidine rings is 1. The number of likely N-dealkylation sites (tertiary alicyclic amines) is 1. The molecule has 0 spiro atoms. The number of nitrogens with one attached hydrogen (secondary N) is 1. The minimum atomic E-state index is -0.470. The van der Waals surface area contributed by atoms with Crippen LogP contribution in [0.2, 0.25) is 5.02 Å². The number of carbonyl (C=O) groups excluding carboxylic acids is 2. The molecule has 1 heterocycles. The Balaban J connectivity index is 1.81. The van der Waals surface area contributed by atoms with E-state index in [1.165, 1.54) is 19.2 Å². The van der Waals surface area contributed by atoms with Crippen LogP contribution in [-0.2, 0) is 9.47 Å². The van der Waals surface area contributed by atoms with Gasteiger partial charge in [-0.1, -0.05) is 11.6 Å². The second kappa shape index (κ2) is 13.6. The molecule has 0 unspecified atom stereocenters. The third-order valence-electron chi connectivity index (χ3n) is 5.44. The van der Waals surface area contributed by atoms with Crippen LogP contribution < -0.4 is 15.8 Å². The van der Waals surface area contributed by atoms with Crippen molar-refractivity contribution in [3.05, 3.63) is 22.7 Å². The highest BCUT2D eigenvalue weighted by molar-refractivity contribution is 7.98. The second-order valence-electron chi connectivity index (χ2n) is 7.76. The summed E-state index contributed by atoms with van der Waals surface area (Å²) in [4.78, 5) is 26.7. The smallest absolute Gasteiger partial charge is 0.407 e. The van der Waals surface area contributed by atoms with Crippen molar-refractivity contribution in [1.82, 2.24) is 10.2 Å². The first-order valence-electron chi connectivity index (χ1n) is 10.8. The molecule has 1 aromatic carbocycles. The highest BCUT2D eigenvalue weighted by Crippen LogP contribution is 2.29. The van der Waals surface area contributed by atoms with Crippen LogP contribution in [0.4, 0.5) is 10.5 Å². The first kappa shape index (κ1) is 26.4. The Kier molecular flexibility index (Phi) is 11.3. The van der Waals surface area contributed by atoms with E-state index in [4.69, 9.17) is 31.5 Å². The average Bonchev–Trinajstić information content (AvgIpc) is 2.78. The summed E-state index contributed by atoms with van der Waals surface area (Å²) in [7, 11) is 1.47. The van der Waals surface area contributed by atoms with Gasteiger partial charge in [0.15, 0.2) is 0 Å². The van der Waals surface area contributed by atoms with Crippen LogP contribution >= 0.6 is 23.4 Å². The molecule has 3 N–H and O–H groups in total. The number of nitrogens with zero attached hydrogens (tertiary/aromatic N) is 1. The number of esters is 1. The summed E-state index contributed by atoms with van der Waals surface area (Å²) < 4.78 is 15.8. The van der Waals surface area contributed by atoms with Gasteiger partial charge in [0.2, 0.25) is 0 Å². The Morgan fingerprint density at radius 3 is 2.66 bits per heavy atom. The van der Waals surface area contributed by atoms with Gasteiger partial charge in [-0.3, -0.25) is 0 Å². The Bertz CT molecular complexity index is 759. The fraction of sp³-hybridized carbons (Fsp3) is 0.636. The fourth-order valence-corrected chi connectivity index (χ4v) is 4.31. The summed E-state index contributed by atoms with van der Waals surface area (Å²) >= 11 is 7.81. The molecule has 32 heavy (non-hydrogen) atoms. The molecular weight excluding hydrogens is 454 g/mol. The molecule has 180 valence electrons. The number of amides is 1. The van der Waals surface area contributed by atoms with Crippen LogP contribution in [0.3, 0.4) is 0 Å². The maximum absolute atomic E-state index is 12.5. The minimum absolute atomic E-state index is 0.0543. The summed E-state index contributed by atoms with van der Waals surface area (Å²) in [6.45, 7) is 5.06. The number of nitrogen functional groups attached to an aromatic ring is 1. The van der Waals surface area contributed by atoms with E-state index in [1.807, 2.05) is 0 Å². The van der Waals surface area contributed by atoms with Crippen molar-refractivity contribution in [2.24, 2.45) is 5.92 Å². The van der Waals surface area contributed by atoms with Gasteiger partial charge < -0.3 is 30.2 Å². The topological polar surface area (TPSA) is 103 Å². The predicted molar refractivity (Wildman–Crippen MR) is 129 cm³/mol. The van der Waals surface area contributed by atoms with E-state index in [-0.39, 0.29) is 23.6 Å². The number of hydrogen-bond donors (Lipinski definition) is 2. The highest BCUT2D eigenvalue weighted by Gasteiger charge is 2.25. The Morgan fingerprint density at radius 1 is 1.31 bits per heavy atom. The average molecular weight is 488 g/mol. The zero-order valence-corrected chi connectivity index (χ0v) is 20.6. The minimum Gasteiger partial charge on any atom is -0.496 e. The molecule has 0 aromatic heterocycles. The number of ether oxygens (including phenoxy) is 3. The van der Waals surface area contributed by atoms with Gasteiger partial charge in [-0.25, -0.2) is 9.59 Å². The SMILES string of the molecule is CCOC(=O)N[C@@H](CCSC)CN1CCC(COC(=O)c2cc(Cl)c(N)cc2OC)CC1. The molecular formula is C22H34ClN3O5S. The van der Waals surface area contributed by atoms with Crippen LogP contribution in [0.5, 0.6) is 5.75 Å². The quantitative estimate of drug-likeness (QED) is 0.360. The van der Waals surface area contributed by atoms with Gasteiger partial charge in [-0.15, -0.1) is 0 Å². The number of nitrogens with two attached hydrogens (primary N) is 1. The molecule has 1 atom stereocenters. The maximum Gasteiger partial charge on any atom is 0.407 e. The van der Waals surface area contributed by atoms with Gasteiger partial charge in [-0.05, 0) is 63.3 Å². The van der Waals surface area contributed by atoms with Gasteiger partial charge in [0.25, 0.3) is 0 Å². The molecule has 1 aromatic rings. The zero-order valence-electron chi connectivity index (χ0n) is 19.0. The van der Waals surface area contributed by atoms with Crippen LogP contribution in [0.1, 0.15) is 36.5 Å². The van der Waals surface area contributed by atoms with Crippen LogP contribution in [-0.4, -0.2) is 75.0 Å². The van der Waals surface area contributed by atoms with E-state index in [0.29, 0.717) is 29.7 Å². The molecule has 1 amide bonds. The third kappa shape index (κ3) is 8.26. The molecule has 10 heteroatoms. The van der Waals surface area contributed by atoms with Crippen LogP contribution in [0.25, 0.3) is 0 Å². The van der Waals surface area contributed by atoms with Gasteiger partial charge >= 0.3 is 12.1 Å². The van der Waals surface area contributed by atoms with E-state index in [2.05, 4.69) is 16.5 Å². The first-order valence-corrected chi connectivity index (χ1v) is 12.6. The lowest BCUT2D eigenvalue weighted by Crippen LogP contribution is -2.47. The Labute approximate surface area is 199 Å². The van der Waals surface area contributed by atoms with Gasteiger partial charge in [0, 0.05) is 18.7 Å². The molecule has 1 aliphatic heterocycles. The first-order chi connectivity index (χ1) is 15.4. The van der Waals surface area contributed by atoms with Gasteiger partial charge in [0.05, 0.1) is 31.0 Å². The lowest BCUT2D eigenvalue weighted by molar-refractivity contribution is 0.0365. The molecule has 0 radical (unpaired) electrons. The van der Waals surface area contributed by atoms with E-state index < -0.39 is 5.97 Å². The van der Waals surface area contributed by atoms with Crippen molar-refractivity contribution in [1.29, 1.82) is 0 Å². The molecule has 0 bridgehead atoms. The van der Waals surface area contributed by atoms with Crippen LogP contribution in [0, 0.1) is 5.92 Å². The van der Waals surface area contributed by atoms with Crippen molar-refractivity contribution in [2.75, 3.05) is 57.7 Å². The van der Waals surface area contributed by atoms with Crippen molar-refractivity contribution < 1.29 is 23.8 Å². The summed E-state index contributed by atoms with van der Waals surface area (Å²) in [5.74, 6) is 1.13. The van der Waals surface area contributed by atoms with E-state index in [1.54, 1.807) is 18.7 Å². The van der Waals surface area contributed by atoms with E-state index >= 15 is 0 Å². The molecule has 1 fully saturated rings. The number of methoxy groups -OCH3 is 1. The summed E-state index contributed by atoms with van der Waals surface area (Å²) in [5.41, 5.74) is 6.39. The van der Waals surface area contributed by atoms with Crippen molar-refractivity contribution in [3.63, 3.8) is 0 Å². The molecule has 0 aliphatic carbocycles. The number of anilines is 1. The van der Waals surface area contributed by atoms with Crippen molar-refractivity contribution >= 4 is 41.1 Å². The van der Waals surface area contributed by atoms with Crippen LogP contribution in [0.15, 0.2) is 12.1 Å². The number of alkyl carbamates (subject to hydrolysis) is 1. The highest BCUT2D eigenvalue weighted by atomic mass is 35.5. The normalized spacial score (nSPS) is 15.8. The molecule has 1 saturated heterocycles. The predicted octanol–water partition coefficient (Wildman–Crippen LogP) is 3.67. The second-order valence-corrected chi connectivity index (χ2v) is 9.15. The largest absolute Gasteiger partial charge is 0.496 e. The number of halogens is 1. The molecule has 2 rings (SSSR count). The van der Waals surface area contributed by atoms with Crippen molar-refractivity contribution in [2.45, 2.75) is 32.2 Å². The zero-order chi connectivity index (χ0) is 23.5. The van der Waals surface area contributed by atoms with Crippen molar-refractivity contribution in [3.8, 4) is 5.75 Å².